The highest BCUT2D eigenvalue weighted by Crippen LogP contribution is 2.30. The normalized spacial score (nSPS) is 14.9. The molecular formula is C17H13N2O7-. The van der Waals surface area contributed by atoms with Crippen molar-refractivity contribution in [2.75, 3.05) is 7.11 Å². The zero-order valence-electron chi connectivity index (χ0n) is 13.5. The highest BCUT2D eigenvalue weighted by Gasteiger charge is 2.22. The summed E-state index contributed by atoms with van der Waals surface area (Å²) in [5.41, 5.74) is 0.731. The Labute approximate surface area is 147 Å². The van der Waals surface area contributed by atoms with Crippen molar-refractivity contribution in [3.63, 3.8) is 0 Å². The number of hydrogen-bond acceptors (Lipinski definition) is 7. The number of imide groups is 1. The Hall–Kier alpha value is -3.75. The predicted molar refractivity (Wildman–Crippen MR) is 85.0 cm³/mol. The van der Waals surface area contributed by atoms with Crippen LogP contribution in [0.5, 0.6) is 11.5 Å². The van der Waals surface area contributed by atoms with Crippen molar-refractivity contribution < 1.29 is 33.4 Å². The summed E-state index contributed by atoms with van der Waals surface area (Å²) < 4.78 is 15.9. The van der Waals surface area contributed by atoms with E-state index in [-0.39, 0.29) is 18.1 Å². The van der Waals surface area contributed by atoms with Gasteiger partial charge in [-0.05, 0) is 35.9 Å². The number of ether oxygens (including phenoxy) is 2. The Morgan fingerprint density at radius 2 is 2.00 bits per heavy atom. The lowest BCUT2D eigenvalue weighted by Crippen LogP contribution is -2.22. The molecule has 1 aromatic heterocycles. The molecule has 0 aliphatic carbocycles. The average molecular weight is 357 g/mol. The summed E-state index contributed by atoms with van der Waals surface area (Å²) in [6.45, 7) is -0.0114. The second-order valence-electron chi connectivity index (χ2n) is 5.22. The van der Waals surface area contributed by atoms with Gasteiger partial charge < -0.3 is 29.1 Å². The van der Waals surface area contributed by atoms with Crippen LogP contribution in [0.1, 0.15) is 21.9 Å². The number of carboxylic acids is 1. The number of carboxylic acid groups (broad SMARTS) is 1. The summed E-state index contributed by atoms with van der Waals surface area (Å²) in [6, 6.07) is 7.07. The lowest BCUT2D eigenvalue weighted by atomic mass is 10.1. The first kappa shape index (κ1) is 17.1. The van der Waals surface area contributed by atoms with Gasteiger partial charge in [-0.3, -0.25) is 10.1 Å². The fourth-order valence-electron chi connectivity index (χ4n) is 2.26. The SMILES string of the molecule is COc1cc(/C=C2/NC(=O)NC2=O)ccc1OCc1ccc(C(=O)[O-])o1. The lowest BCUT2D eigenvalue weighted by Gasteiger charge is -2.10. The molecule has 0 unspecified atom stereocenters. The van der Waals surface area contributed by atoms with Gasteiger partial charge in [0.25, 0.3) is 5.91 Å². The number of amides is 3. The number of urea groups is 1. The van der Waals surface area contributed by atoms with Crippen molar-refractivity contribution in [2.24, 2.45) is 0 Å². The van der Waals surface area contributed by atoms with Crippen LogP contribution in [-0.4, -0.2) is 25.0 Å². The van der Waals surface area contributed by atoms with Crippen LogP contribution in [0.15, 0.2) is 40.4 Å². The molecule has 0 atom stereocenters. The molecule has 2 aromatic rings. The zero-order valence-corrected chi connectivity index (χ0v) is 13.5. The Bertz CT molecular complexity index is 914. The van der Waals surface area contributed by atoms with Crippen molar-refractivity contribution >= 4 is 24.0 Å². The summed E-state index contributed by atoms with van der Waals surface area (Å²) in [7, 11) is 1.45. The van der Waals surface area contributed by atoms with Gasteiger partial charge in [0.15, 0.2) is 11.5 Å². The minimum atomic E-state index is -1.41. The first-order chi connectivity index (χ1) is 12.5. The quantitative estimate of drug-likeness (QED) is 0.566. The molecule has 1 aliphatic rings. The van der Waals surface area contributed by atoms with E-state index in [1.54, 1.807) is 18.2 Å². The Kier molecular flexibility index (Phi) is 4.61. The molecule has 9 nitrogen and oxygen atoms in total. The third kappa shape index (κ3) is 3.66. The van der Waals surface area contributed by atoms with E-state index in [2.05, 4.69) is 10.6 Å². The number of furan rings is 1. The Morgan fingerprint density at radius 1 is 1.19 bits per heavy atom. The molecule has 1 aliphatic heterocycles. The van der Waals surface area contributed by atoms with Gasteiger partial charge in [0.05, 0.1) is 7.11 Å². The average Bonchev–Trinajstić information content (AvgIpc) is 3.20. The van der Waals surface area contributed by atoms with Gasteiger partial charge in [0.2, 0.25) is 0 Å². The second-order valence-corrected chi connectivity index (χ2v) is 5.22. The van der Waals surface area contributed by atoms with Crippen LogP contribution in [0, 0.1) is 0 Å². The number of rotatable bonds is 6. The van der Waals surface area contributed by atoms with E-state index in [9.17, 15) is 19.5 Å². The maximum Gasteiger partial charge on any atom is 0.326 e. The molecule has 0 saturated carbocycles. The molecule has 9 heteroatoms. The van der Waals surface area contributed by atoms with Crippen LogP contribution in [0.4, 0.5) is 4.79 Å². The van der Waals surface area contributed by atoms with E-state index in [1.807, 2.05) is 0 Å². The van der Waals surface area contributed by atoms with E-state index in [1.165, 1.54) is 25.3 Å². The van der Waals surface area contributed by atoms with E-state index in [0.717, 1.165) is 0 Å². The standard InChI is InChI=1S/C17H14N2O7/c1-24-14-7-9(6-11-15(20)19-17(23)18-11)2-4-12(14)25-8-10-3-5-13(26-10)16(21)22/h2-7H,8H2,1H3,(H,21,22)(H2,18,19,20,23)/p-1/b11-6+. The minimum absolute atomic E-state index is 0.0114. The molecule has 134 valence electrons. The predicted octanol–water partition coefficient (Wildman–Crippen LogP) is 0.411. The largest absolute Gasteiger partial charge is 0.542 e. The van der Waals surface area contributed by atoms with Crippen LogP contribution in [0.25, 0.3) is 6.08 Å². The number of hydrogen-bond donors (Lipinski definition) is 2. The topological polar surface area (TPSA) is 130 Å². The molecule has 2 heterocycles. The van der Waals surface area contributed by atoms with Crippen molar-refractivity contribution in [1.82, 2.24) is 10.6 Å². The molecule has 1 saturated heterocycles. The van der Waals surface area contributed by atoms with E-state index < -0.39 is 17.9 Å². The molecule has 0 bridgehead atoms. The maximum absolute atomic E-state index is 11.5. The Balaban J connectivity index is 1.74. The van der Waals surface area contributed by atoms with Crippen LogP contribution >= 0.6 is 0 Å². The van der Waals surface area contributed by atoms with Gasteiger partial charge >= 0.3 is 6.03 Å². The molecule has 0 spiro atoms. The van der Waals surface area contributed by atoms with Crippen LogP contribution in [0.3, 0.4) is 0 Å². The molecule has 3 amide bonds. The molecule has 1 aromatic carbocycles. The number of methoxy groups -OCH3 is 1. The van der Waals surface area contributed by atoms with Crippen molar-refractivity contribution in [3.8, 4) is 11.5 Å². The monoisotopic (exact) mass is 357 g/mol. The first-order valence-electron chi connectivity index (χ1n) is 7.41. The van der Waals surface area contributed by atoms with Crippen LogP contribution in [0.2, 0.25) is 0 Å². The first-order valence-corrected chi connectivity index (χ1v) is 7.41. The van der Waals surface area contributed by atoms with Crippen molar-refractivity contribution in [1.29, 1.82) is 0 Å². The van der Waals surface area contributed by atoms with E-state index in [4.69, 9.17) is 13.9 Å². The van der Waals surface area contributed by atoms with Crippen LogP contribution in [-0.2, 0) is 11.4 Å². The summed E-state index contributed by atoms with van der Waals surface area (Å²) >= 11 is 0. The van der Waals surface area contributed by atoms with Crippen molar-refractivity contribution in [2.45, 2.75) is 6.61 Å². The highest BCUT2D eigenvalue weighted by atomic mass is 16.5. The lowest BCUT2D eigenvalue weighted by molar-refractivity contribution is -0.257. The highest BCUT2D eigenvalue weighted by molar-refractivity contribution is 6.14. The van der Waals surface area contributed by atoms with Gasteiger partial charge in [0, 0.05) is 0 Å². The number of carbonyl (C=O) groups is 3. The Morgan fingerprint density at radius 3 is 2.62 bits per heavy atom. The van der Waals surface area contributed by atoms with Gasteiger partial charge in [-0.25, -0.2) is 4.79 Å². The van der Waals surface area contributed by atoms with Crippen molar-refractivity contribution in [3.05, 3.63) is 53.1 Å². The molecule has 0 radical (unpaired) electrons. The maximum atomic E-state index is 11.5. The fourth-order valence-corrected chi connectivity index (χ4v) is 2.26. The fraction of sp³-hybridized carbons (Fsp3) is 0.118. The minimum Gasteiger partial charge on any atom is -0.542 e. The zero-order chi connectivity index (χ0) is 18.7. The van der Waals surface area contributed by atoms with Crippen LogP contribution < -0.4 is 25.2 Å². The molecular weight excluding hydrogens is 344 g/mol. The molecule has 1 fully saturated rings. The van der Waals surface area contributed by atoms with E-state index in [0.29, 0.717) is 22.8 Å². The summed E-state index contributed by atoms with van der Waals surface area (Å²) in [6.07, 6.45) is 1.49. The molecule has 3 rings (SSSR count). The third-order valence-corrected chi connectivity index (χ3v) is 3.45. The van der Waals surface area contributed by atoms with Gasteiger partial charge in [-0.2, -0.15) is 0 Å². The number of benzene rings is 1. The number of aromatic carboxylic acids is 1. The summed E-state index contributed by atoms with van der Waals surface area (Å²) in [4.78, 5) is 33.3. The summed E-state index contributed by atoms with van der Waals surface area (Å²) in [5.74, 6) is -1.13. The van der Waals surface area contributed by atoms with E-state index >= 15 is 0 Å². The number of carbonyl (C=O) groups excluding carboxylic acids is 3. The number of nitrogens with one attached hydrogen (secondary N) is 2. The van der Waals surface area contributed by atoms with Gasteiger partial charge in [-0.1, -0.05) is 6.07 Å². The van der Waals surface area contributed by atoms with Gasteiger partial charge in [0.1, 0.15) is 29.8 Å². The smallest absolute Gasteiger partial charge is 0.326 e. The summed E-state index contributed by atoms with van der Waals surface area (Å²) in [5, 5.41) is 15.2. The second kappa shape index (κ2) is 7.01. The molecule has 26 heavy (non-hydrogen) atoms. The van der Waals surface area contributed by atoms with Gasteiger partial charge in [-0.15, -0.1) is 0 Å². The molecule has 2 N–H and O–H groups in total. The third-order valence-electron chi connectivity index (χ3n) is 3.45.